The van der Waals surface area contributed by atoms with Crippen LogP contribution >= 0.6 is 7.82 Å². The summed E-state index contributed by atoms with van der Waals surface area (Å²) in [6, 6.07) is 16.4. The molecule has 4 rings (SSSR count). The minimum absolute atomic E-state index is 0.0424. The molecule has 0 saturated carbocycles. The second-order valence-electron chi connectivity index (χ2n) is 11.0. The zero-order chi connectivity index (χ0) is 26.3. The van der Waals surface area contributed by atoms with Gasteiger partial charge in [-0.1, -0.05) is 64.1 Å². The van der Waals surface area contributed by atoms with Gasteiger partial charge < -0.3 is 14.4 Å². The predicted molar refractivity (Wildman–Crippen MR) is 145 cm³/mol. The summed E-state index contributed by atoms with van der Waals surface area (Å²) in [7, 11) is -3.55. The van der Waals surface area contributed by atoms with Crippen LogP contribution < -0.4 is 9.47 Å². The summed E-state index contributed by atoms with van der Waals surface area (Å²) >= 11 is 0. The Morgan fingerprint density at radius 1 is 0.946 bits per heavy atom. The number of hydrogen-bond acceptors (Lipinski definition) is 7. The Labute approximate surface area is 222 Å². The molecule has 2 heterocycles. The van der Waals surface area contributed by atoms with Crippen molar-refractivity contribution < 1.29 is 27.6 Å². The van der Waals surface area contributed by atoms with Crippen molar-refractivity contribution in [2.45, 2.75) is 52.6 Å². The maximum Gasteiger partial charge on any atom is 0.474 e. The summed E-state index contributed by atoms with van der Waals surface area (Å²) in [5.74, 6) is 2.27. The smallest absolute Gasteiger partial charge is 0.474 e. The number of hydrogen-bond donors (Lipinski definition) is 0. The SMILES string of the molecule is CC(C)COP(=O)(OCCN1CCC2(CC1)COc1cc(OCc3ccccc3)ccc12)OCC(C)C. The van der Waals surface area contributed by atoms with Gasteiger partial charge in [0.1, 0.15) is 18.1 Å². The maximum atomic E-state index is 13.0. The van der Waals surface area contributed by atoms with E-state index in [0.29, 0.717) is 39.6 Å². The van der Waals surface area contributed by atoms with Crippen molar-refractivity contribution in [3.8, 4) is 11.5 Å². The molecule has 0 atom stereocenters. The van der Waals surface area contributed by atoms with Crippen LogP contribution in [0.15, 0.2) is 48.5 Å². The van der Waals surface area contributed by atoms with Crippen molar-refractivity contribution in [1.29, 1.82) is 0 Å². The molecule has 0 aromatic heterocycles. The first-order chi connectivity index (χ1) is 17.8. The van der Waals surface area contributed by atoms with Crippen LogP contribution in [0, 0.1) is 11.8 Å². The third kappa shape index (κ3) is 7.81. The molecule has 0 aliphatic carbocycles. The molecule has 2 aromatic carbocycles. The third-order valence-corrected chi connectivity index (χ3v) is 8.31. The van der Waals surface area contributed by atoms with Crippen LogP contribution in [0.2, 0.25) is 0 Å². The van der Waals surface area contributed by atoms with Crippen molar-refractivity contribution in [1.82, 2.24) is 4.90 Å². The summed E-state index contributed by atoms with van der Waals surface area (Å²) in [6.07, 6.45) is 2.02. The molecule has 1 saturated heterocycles. The Kier molecular flexibility index (Phi) is 9.71. The van der Waals surface area contributed by atoms with E-state index in [2.05, 4.69) is 29.2 Å². The van der Waals surface area contributed by atoms with Crippen LogP contribution in [0.4, 0.5) is 0 Å². The summed E-state index contributed by atoms with van der Waals surface area (Å²) < 4.78 is 42.0. The van der Waals surface area contributed by atoms with Crippen LogP contribution in [0.5, 0.6) is 11.5 Å². The van der Waals surface area contributed by atoms with E-state index in [-0.39, 0.29) is 17.3 Å². The maximum absolute atomic E-state index is 13.0. The molecule has 204 valence electrons. The third-order valence-electron chi connectivity index (χ3n) is 6.88. The first-order valence-corrected chi connectivity index (χ1v) is 14.9. The van der Waals surface area contributed by atoms with E-state index in [1.54, 1.807) is 0 Å². The van der Waals surface area contributed by atoms with E-state index in [1.165, 1.54) is 5.56 Å². The molecule has 8 heteroatoms. The lowest BCUT2D eigenvalue weighted by atomic mass is 9.74. The molecule has 1 spiro atoms. The topological polar surface area (TPSA) is 66.5 Å². The van der Waals surface area contributed by atoms with Crippen LogP contribution in [0.3, 0.4) is 0 Å². The Bertz CT molecular complexity index is 1020. The van der Waals surface area contributed by atoms with Crippen molar-refractivity contribution in [2.24, 2.45) is 11.8 Å². The van der Waals surface area contributed by atoms with E-state index < -0.39 is 7.82 Å². The molecule has 7 nitrogen and oxygen atoms in total. The minimum Gasteiger partial charge on any atom is -0.492 e. The van der Waals surface area contributed by atoms with Gasteiger partial charge in [0.15, 0.2) is 0 Å². The second-order valence-corrected chi connectivity index (χ2v) is 12.7. The molecule has 2 aromatic rings. The van der Waals surface area contributed by atoms with E-state index in [0.717, 1.165) is 43.0 Å². The lowest BCUT2D eigenvalue weighted by Gasteiger charge is -2.38. The quantitative estimate of drug-likeness (QED) is 0.275. The Balaban J connectivity index is 1.26. The number of rotatable bonds is 13. The fraction of sp³-hybridized carbons (Fsp3) is 0.586. The number of phosphoric acid groups is 1. The van der Waals surface area contributed by atoms with Crippen LogP contribution in [0.25, 0.3) is 0 Å². The van der Waals surface area contributed by atoms with Gasteiger partial charge in [0.25, 0.3) is 0 Å². The Morgan fingerprint density at radius 2 is 1.62 bits per heavy atom. The molecule has 1 fully saturated rings. The van der Waals surface area contributed by atoms with Crippen LogP contribution in [-0.2, 0) is 30.2 Å². The highest BCUT2D eigenvalue weighted by Crippen LogP contribution is 2.50. The predicted octanol–water partition coefficient (Wildman–Crippen LogP) is 6.46. The van der Waals surface area contributed by atoms with Gasteiger partial charge in [-0.2, -0.15) is 0 Å². The van der Waals surface area contributed by atoms with Crippen molar-refractivity contribution >= 4 is 7.82 Å². The number of benzene rings is 2. The highest BCUT2D eigenvalue weighted by molar-refractivity contribution is 7.48. The molecule has 37 heavy (non-hydrogen) atoms. The number of piperidine rings is 1. The monoisotopic (exact) mass is 531 g/mol. The van der Waals surface area contributed by atoms with Gasteiger partial charge in [0, 0.05) is 23.6 Å². The van der Waals surface area contributed by atoms with E-state index in [4.69, 9.17) is 23.0 Å². The normalized spacial score (nSPS) is 17.4. The standard InChI is InChI=1S/C29H42NO6P/c1-23(2)19-35-37(31,36-20-24(3)4)34-17-16-30-14-12-29(13-15-30)22-33-28-18-26(10-11-27(28)29)32-21-25-8-6-5-7-9-25/h5-11,18,23-24H,12-17,19-22H2,1-4H3. The van der Waals surface area contributed by atoms with Gasteiger partial charge in [-0.15, -0.1) is 0 Å². The van der Waals surface area contributed by atoms with Gasteiger partial charge in [-0.3, -0.25) is 13.6 Å². The van der Waals surface area contributed by atoms with Crippen LogP contribution in [0.1, 0.15) is 51.7 Å². The van der Waals surface area contributed by atoms with Gasteiger partial charge in [0.05, 0.1) is 26.4 Å². The molecular formula is C29H42NO6P. The number of likely N-dealkylation sites (tertiary alicyclic amines) is 1. The zero-order valence-electron chi connectivity index (χ0n) is 22.7. The average Bonchev–Trinajstić information content (AvgIpc) is 3.24. The number of phosphoric ester groups is 1. The van der Waals surface area contributed by atoms with Gasteiger partial charge in [-0.05, 0) is 49.4 Å². The summed E-state index contributed by atoms with van der Waals surface area (Å²) in [5, 5.41) is 0. The van der Waals surface area contributed by atoms with E-state index in [1.807, 2.05) is 52.0 Å². The van der Waals surface area contributed by atoms with Crippen molar-refractivity contribution in [3.63, 3.8) is 0 Å². The molecular weight excluding hydrogens is 489 g/mol. The number of ether oxygens (including phenoxy) is 2. The summed E-state index contributed by atoms with van der Waals surface area (Å²) in [4.78, 5) is 2.36. The molecule has 2 aliphatic rings. The Hall–Kier alpha value is -1.89. The fourth-order valence-corrected chi connectivity index (χ4v) is 6.17. The lowest BCUT2D eigenvalue weighted by molar-refractivity contribution is 0.0764. The van der Waals surface area contributed by atoms with E-state index in [9.17, 15) is 4.57 Å². The van der Waals surface area contributed by atoms with Gasteiger partial charge in [0.2, 0.25) is 0 Å². The lowest BCUT2D eigenvalue weighted by Crippen LogP contribution is -2.44. The first-order valence-electron chi connectivity index (χ1n) is 13.5. The van der Waals surface area contributed by atoms with Crippen molar-refractivity contribution in [2.75, 3.05) is 46.1 Å². The molecule has 0 N–H and O–H groups in total. The van der Waals surface area contributed by atoms with Gasteiger partial charge in [-0.25, -0.2) is 4.57 Å². The largest absolute Gasteiger partial charge is 0.492 e. The number of nitrogens with zero attached hydrogens (tertiary/aromatic N) is 1. The first kappa shape index (κ1) is 28.1. The molecule has 2 aliphatic heterocycles. The minimum atomic E-state index is -3.55. The second kappa shape index (κ2) is 12.8. The average molecular weight is 532 g/mol. The number of fused-ring (bicyclic) bond motifs is 2. The summed E-state index contributed by atoms with van der Waals surface area (Å²) in [5.41, 5.74) is 2.47. The molecule has 0 amide bonds. The van der Waals surface area contributed by atoms with Crippen molar-refractivity contribution in [3.05, 3.63) is 59.7 Å². The molecule has 0 radical (unpaired) electrons. The van der Waals surface area contributed by atoms with Gasteiger partial charge >= 0.3 is 7.82 Å². The van der Waals surface area contributed by atoms with E-state index >= 15 is 0 Å². The Morgan fingerprint density at radius 3 is 2.27 bits per heavy atom. The molecule has 0 bridgehead atoms. The summed E-state index contributed by atoms with van der Waals surface area (Å²) in [6.45, 7) is 12.9. The molecule has 0 unspecified atom stereocenters. The van der Waals surface area contributed by atoms with Crippen LogP contribution in [-0.4, -0.2) is 51.0 Å². The highest BCUT2D eigenvalue weighted by atomic mass is 31.2. The zero-order valence-corrected chi connectivity index (χ0v) is 23.6. The highest BCUT2D eigenvalue weighted by Gasteiger charge is 2.43. The fourth-order valence-electron chi connectivity index (χ4n) is 4.68.